The number of benzene rings is 2. The fourth-order valence-corrected chi connectivity index (χ4v) is 2.66. The molecule has 0 fully saturated rings. The molecule has 6 heteroatoms. The quantitative estimate of drug-likeness (QED) is 0.915. The van der Waals surface area contributed by atoms with Crippen molar-refractivity contribution >= 4 is 5.91 Å². The van der Waals surface area contributed by atoms with E-state index in [9.17, 15) is 9.18 Å². The molecule has 0 saturated heterocycles. The Labute approximate surface area is 139 Å². The molecule has 0 aromatic heterocycles. The largest absolute Gasteiger partial charge is 0.497 e. The van der Waals surface area contributed by atoms with Gasteiger partial charge < -0.3 is 19.5 Å². The zero-order valence-electron chi connectivity index (χ0n) is 13.5. The van der Waals surface area contributed by atoms with Crippen molar-refractivity contribution in [3.05, 3.63) is 53.3 Å². The summed E-state index contributed by atoms with van der Waals surface area (Å²) in [5.74, 6) is 0.697. The summed E-state index contributed by atoms with van der Waals surface area (Å²) < 4.78 is 29.5. The third kappa shape index (κ3) is 3.27. The molecule has 1 amide bonds. The van der Waals surface area contributed by atoms with Crippen molar-refractivity contribution < 1.29 is 23.4 Å². The van der Waals surface area contributed by atoms with E-state index in [4.69, 9.17) is 14.2 Å². The lowest BCUT2D eigenvalue weighted by atomic mass is 10.1. The molecular formula is C18H18FNO4. The summed E-state index contributed by atoms with van der Waals surface area (Å²) in [6.07, 6.45) is 0.280. The molecule has 0 radical (unpaired) electrons. The molecule has 0 saturated carbocycles. The van der Waals surface area contributed by atoms with E-state index in [1.807, 2.05) is 6.07 Å². The van der Waals surface area contributed by atoms with Crippen LogP contribution in [0.5, 0.6) is 17.2 Å². The van der Waals surface area contributed by atoms with Crippen molar-refractivity contribution in [1.82, 2.24) is 5.32 Å². The highest BCUT2D eigenvalue weighted by atomic mass is 19.1. The van der Waals surface area contributed by atoms with Crippen molar-refractivity contribution in [2.45, 2.75) is 12.5 Å². The van der Waals surface area contributed by atoms with Crippen LogP contribution in [-0.2, 0) is 6.42 Å². The van der Waals surface area contributed by atoms with Crippen LogP contribution in [0.3, 0.4) is 0 Å². The number of carbonyl (C=O) groups excluding carboxylic acids is 1. The highest BCUT2D eigenvalue weighted by Gasteiger charge is 2.26. The molecule has 1 N–H and O–H groups in total. The van der Waals surface area contributed by atoms with Crippen LogP contribution in [0.15, 0.2) is 36.4 Å². The lowest BCUT2D eigenvalue weighted by Gasteiger charge is -2.13. The summed E-state index contributed by atoms with van der Waals surface area (Å²) in [5.41, 5.74) is 1.24. The molecule has 126 valence electrons. The van der Waals surface area contributed by atoms with Crippen molar-refractivity contribution in [1.29, 1.82) is 0 Å². The van der Waals surface area contributed by atoms with Crippen molar-refractivity contribution in [2.75, 3.05) is 20.8 Å². The molecule has 0 aliphatic carbocycles. The van der Waals surface area contributed by atoms with E-state index in [0.29, 0.717) is 23.5 Å². The zero-order valence-corrected chi connectivity index (χ0v) is 13.5. The van der Waals surface area contributed by atoms with E-state index in [-0.39, 0.29) is 30.1 Å². The molecule has 2 aromatic rings. The predicted octanol–water partition coefficient (Wildman–Crippen LogP) is 2.58. The molecule has 1 aliphatic rings. The van der Waals surface area contributed by atoms with Gasteiger partial charge in [-0.15, -0.1) is 0 Å². The monoisotopic (exact) mass is 331 g/mol. The number of nitrogens with one attached hydrogen (secondary N) is 1. The summed E-state index contributed by atoms with van der Waals surface area (Å²) in [4.78, 5) is 12.3. The van der Waals surface area contributed by atoms with Gasteiger partial charge in [-0.3, -0.25) is 4.79 Å². The van der Waals surface area contributed by atoms with Gasteiger partial charge in [-0.2, -0.15) is 0 Å². The third-order valence-electron chi connectivity index (χ3n) is 3.88. The number of ether oxygens (including phenoxy) is 3. The summed E-state index contributed by atoms with van der Waals surface area (Å²) in [6, 6.07) is 9.79. The van der Waals surface area contributed by atoms with E-state index < -0.39 is 0 Å². The molecule has 1 atom stereocenters. The predicted molar refractivity (Wildman–Crippen MR) is 86.4 cm³/mol. The van der Waals surface area contributed by atoms with Crippen LogP contribution in [0, 0.1) is 5.82 Å². The SMILES string of the molecule is COc1cc(OC)cc(C(=O)NC[C@H]2Cc3cccc(F)c3O2)c1. The van der Waals surface area contributed by atoms with E-state index in [0.717, 1.165) is 5.56 Å². The Hall–Kier alpha value is -2.76. The Morgan fingerprint density at radius 2 is 1.96 bits per heavy atom. The first-order valence-electron chi connectivity index (χ1n) is 7.56. The molecule has 2 aromatic carbocycles. The first-order valence-corrected chi connectivity index (χ1v) is 7.56. The normalized spacial score (nSPS) is 15.4. The van der Waals surface area contributed by atoms with Gasteiger partial charge in [0.25, 0.3) is 5.91 Å². The zero-order chi connectivity index (χ0) is 17.1. The highest BCUT2D eigenvalue weighted by molar-refractivity contribution is 5.95. The Kier molecular flexibility index (Phi) is 4.55. The van der Waals surface area contributed by atoms with Gasteiger partial charge in [0.05, 0.1) is 20.8 Å². The molecular weight excluding hydrogens is 313 g/mol. The van der Waals surface area contributed by atoms with E-state index in [1.54, 1.807) is 24.3 Å². The van der Waals surface area contributed by atoms with Gasteiger partial charge in [0.2, 0.25) is 0 Å². The van der Waals surface area contributed by atoms with Crippen molar-refractivity contribution in [2.24, 2.45) is 0 Å². The molecule has 3 rings (SSSR count). The Morgan fingerprint density at radius 3 is 2.58 bits per heavy atom. The fourth-order valence-electron chi connectivity index (χ4n) is 2.66. The maximum atomic E-state index is 13.7. The first-order chi connectivity index (χ1) is 11.6. The second kappa shape index (κ2) is 6.78. The summed E-state index contributed by atoms with van der Waals surface area (Å²) in [6.45, 7) is 0.284. The molecule has 0 unspecified atom stereocenters. The highest BCUT2D eigenvalue weighted by Crippen LogP contribution is 2.31. The van der Waals surface area contributed by atoms with Crippen molar-refractivity contribution in [3.8, 4) is 17.2 Å². The Balaban J connectivity index is 1.64. The van der Waals surface area contributed by atoms with Crippen LogP contribution in [0.2, 0.25) is 0 Å². The van der Waals surface area contributed by atoms with Crippen LogP contribution in [-0.4, -0.2) is 32.8 Å². The lowest BCUT2D eigenvalue weighted by Crippen LogP contribution is -2.34. The second-order valence-electron chi connectivity index (χ2n) is 5.48. The Bertz CT molecular complexity index is 740. The van der Waals surface area contributed by atoms with Gasteiger partial charge in [-0.1, -0.05) is 12.1 Å². The van der Waals surface area contributed by atoms with Crippen LogP contribution >= 0.6 is 0 Å². The average Bonchev–Trinajstić information content (AvgIpc) is 3.03. The fraction of sp³-hybridized carbons (Fsp3) is 0.278. The molecule has 24 heavy (non-hydrogen) atoms. The standard InChI is InChI=1S/C18H18FNO4/c1-22-13-7-12(8-14(9-13)23-2)18(21)20-10-15-6-11-4-3-5-16(19)17(11)24-15/h3-5,7-9,15H,6,10H2,1-2H3,(H,20,21)/t15-/m1/s1. The number of fused-ring (bicyclic) bond motifs is 1. The minimum atomic E-state index is -0.376. The topological polar surface area (TPSA) is 56.8 Å². The number of amides is 1. The average molecular weight is 331 g/mol. The number of methoxy groups -OCH3 is 2. The number of carbonyl (C=O) groups is 1. The van der Waals surface area contributed by atoms with E-state index in [1.165, 1.54) is 20.3 Å². The Morgan fingerprint density at radius 1 is 1.25 bits per heavy atom. The number of halogens is 1. The van der Waals surface area contributed by atoms with E-state index >= 15 is 0 Å². The molecule has 5 nitrogen and oxygen atoms in total. The number of hydrogen-bond acceptors (Lipinski definition) is 4. The number of hydrogen-bond donors (Lipinski definition) is 1. The van der Waals surface area contributed by atoms with E-state index in [2.05, 4.69) is 5.32 Å². The molecule has 0 bridgehead atoms. The number of rotatable bonds is 5. The van der Waals surface area contributed by atoms with Gasteiger partial charge in [-0.05, 0) is 18.2 Å². The maximum absolute atomic E-state index is 13.7. The summed E-state index contributed by atoms with van der Waals surface area (Å²) >= 11 is 0. The van der Waals surface area contributed by atoms with Crippen LogP contribution in [0.25, 0.3) is 0 Å². The van der Waals surface area contributed by atoms with Gasteiger partial charge in [0.15, 0.2) is 11.6 Å². The number of para-hydroxylation sites is 1. The van der Waals surface area contributed by atoms with Crippen LogP contribution in [0.1, 0.15) is 15.9 Å². The minimum Gasteiger partial charge on any atom is -0.497 e. The third-order valence-corrected chi connectivity index (χ3v) is 3.88. The molecule has 1 heterocycles. The van der Waals surface area contributed by atoms with Gasteiger partial charge >= 0.3 is 0 Å². The van der Waals surface area contributed by atoms with Crippen molar-refractivity contribution in [3.63, 3.8) is 0 Å². The first kappa shape index (κ1) is 16.1. The van der Waals surface area contributed by atoms with Crippen LogP contribution in [0.4, 0.5) is 4.39 Å². The molecule has 0 spiro atoms. The van der Waals surface area contributed by atoms with Crippen LogP contribution < -0.4 is 19.5 Å². The minimum absolute atomic E-state index is 0.271. The van der Waals surface area contributed by atoms with Gasteiger partial charge in [0, 0.05) is 23.6 Å². The summed E-state index contributed by atoms with van der Waals surface area (Å²) in [5, 5.41) is 2.80. The van der Waals surface area contributed by atoms with Gasteiger partial charge in [-0.25, -0.2) is 4.39 Å². The maximum Gasteiger partial charge on any atom is 0.251 e. The molecule has 1 aliphatic heterocycles. The second-order valence-corrected chi connectivity index (χ2v) is 5.48. The van der Waals surface area contributed by atoms with Gasteiger partial charge in [0.1, 0.15) is 17.6 Å². The smallest absolute Gasteiger partial charge is 0.251 e. The lowest BCUT2D eigenvalue weighted by molar-refractivity contribution is 0.0932. The summed E-state index contributed by atoms with van der Waals surface area (Å²) in [7, 11) is 3.04.